The molecule has 0 radical (unpaired) electrons. The van der Waals surface area contributed by atoms with E-state index in [-0.39, 0.29) is 18.0 Å². The van der Waals surface area contributed by atoms with E-state index in [0.29, 0.717) is 6.54 Å². The van der Waals surface area contributed by atoms with Gasteiger partial charge in [0.15, 0.2) is 0 Å². The maximum atomic E-state index is 11.4. The third-order valence-corrected chi connectivity index (χ3v) is 2.98. The van der Waals surface area contributed by atoms with E-state index in [4.69, 9.17) is 4.74 Å². The highest BCUT2D eigenvalue weighted by molar-refractivity contribution is 5.72. The molecule has 1 saturated heterocycles. The molecule has 1 fully saturated rings. The SMILES string of the molecule is CCC(O)CN1CCC[C@H](C(=O)OC)C1. The largest absolute Gasteiger partial charge is 0.469 e. The van der Waals surface area contributed by atoms with E-state index in [1.54, 1.807) is 0 Å². The molecule has 0 aliphatic carbocycles. The number of carbonyl (C=O) groups excluding carboxylic acids is 1. The molecule has 0 aromatic heterocycles. The van der Waals surface area contributed by atoms with Gasteiger partial charge in [-0.3, -0.25) is 9.69 Å². The van der Waals surface area contributed by atoms with Crippen molar-refractivity contribution in [2.24, 2.45) is 5.92 Å². The summed E-state index contributed by atoms with van der Waals surface area (Å²) in [4.78, 5) is 13.5. The highest BCUT2D eigenvalue weighted by Gasteiger charge is 2.26. The molecule has 1 rings (SSSR count). The van der Waals surface area contributed by atoms with Gasteiger partial charge in [-0.05, 0) is 25.8 Å². The summed E-state index contributed by atoms with van der Waals surface area (Å²) in [5.41, 5.74) is 0. The standard InChI is InChI=1S/C11H21NO3/c1-3-10(13)8-12-6-4-5-9(7-12)11(14)15-2/h9-10,13H,3-8H2,1-2H3/t9-,10?/m0/s1. The van der Waals surface area contributed by atoms with Gasteiger partial charge in [0.2, 0.25) is 0 Å². The quantitative estimate of drug-likeness (QED) is 0.699. The first-order valence-corrected chi connectivity index (χ1v) is 5.65. The Labute approximate surface area is 91.2 Å². The van der Waals surface area contributed by atoms with Crippen molar-refractivity contribution in [2.45, 2.75) is 32.3 Å². The van der Waals surface area contributed by atoms with Gasteiger partial charge in [0, 0.05) is 13.1 Å². The van der Waals surface area contributed by atoms with E-state index in [0.717, 1.165) is 32.4 Å². The first kappa shape index (κ1) is 12.5. The number of rotatable bonds is 4. The fourth-order valence-electron chi connectivity index (χ4n) is 2.01. The van der Waals surface area contributed by atoms with Gasteiger partial charge < -0.3 is 9.84 Å². The molecule has 1 heterocycles. The number of ether oxygens (including phenoxy) is 1. The summed E-state index contributed by atoms with van der Waals surface area (Å²) >= 11 is 0. The Morgan fingerprint density at radius 2 is 2.40 bits per heavy atom. The Balaban J connectivity index is 2.38. The molecule has 0 bridgehead atoms. The molecule has 4 heteroatoms. The predicted molar refractivity (Wildman–Crippen MR) is 57.5 cm³/mol. The molecular formula is C11H21NO3. The number of hydrogen-bond acceptors (Lipinski definition) is 4. The maximum Gasteiger partial charge on any atom is 0.309 e. The van der Waals surface area contributed by atoms with E-state index in [9.17, 15) is 9.90 Å². The molecular weight excluding hydrogens is 194 g/mol. The number of methoxy groups -OCH3 is 1. The summed E-state index contributed by atoms with van der Waals surface area (Å²) in [5.74, 6) is -0.126. The van der Waals surface area contributed by atoms with Crippen LogP contribution in [0.2, 0.25) is 0 Å². The molecule has 88 valence electrons. The topological polar surface area (TPSA) is 49.8 Å². The third-order valence-electron chi connectivity index (χ3n) is 2.98. The molecule has 0 saturated carbocycles. The number of hydrogen-bond donors (Lipinski definition) is 1. The number of β-amino-alcohol motifs (C(OH)–C–C–N with tert-alkyl or cyclic N) is 1. The molecule has 1 aliphatic heterocycles. The summed E-state index contributed by atoms with van der Waals surface area (Å²) in [5, 5.41) is 9.53. The Bertz CT molecular complexity index is 208. The van der Waals surface area contributed by atoms with Crippen LogP contribution >= 0.6 is 0 Å². The molecule has 1 unspecified atom stereocenters. The fourth-order valence-corrected chi connectivity index (χ4v) is 2.01. The molecule has 0 spiro atoms. The van der Waals surface area contributed by atoms with E-state index in [1.165, 1.54) is 7.11 Å². The lowest BCUT2D eigenvalue weighted by atomic mass is 9.98. The summed E-state index contributed by atoms with van der Waals surface area (Å²) in [6.45, 7) is 4.34. The second kappa shape index (κ2) is 6.08. The summed E-state index contributed by atoms with van der Waals surface area (Å²) in [6.07, 6.45) is 2.41. The monoisotopic (exact) mass is 215 g/mol. The van der Waals surface area contributed by atoms with E-state index in [2.05, 4.69) is 4.90 Å². The van der Waals surface area contributed by atoms with Crippen molar-refractivity contribution in [3.63, 3.8) is 0 Å². The van der Waals surface area contributed by atoms with Crippen LogP contribution in [0.25, 0.3) is 0 Å². The molecule has 0 aromatic rings. The highest BCUT2D eigenvalue weighted by atomic mass is 16.5. The van der Waals surface area contributed by atoms with Crippen LogP contribution in [0.3, 0.4) is 0 Å². The van der Waals surface area contributed by atoms with E-state index >= 15 is 0 Å². The van der Waals surface area contributed by atoms with Gasteiger partial charge in [-0.15, -0.1) is 0 Å². The van der Waals surface area contributed by atoms with E-state index in [1.807, 2.05) is 6.92 Å². The average Bonchev–Trinajstić information content (AvgIpc) is 2.28. The first-order chi connectivity index (χ1) is 7.17. The van der Waals surface area contributed by atoms with Gasteiger partial charge in [-0.2, -0.15) is 0 Å². The summed E-state index contributed by atoms with van der Waals surface area (Å²) < 4.78 is 4.74. The van der Waals surface area contributed by atoms with Gasteiger partial charge in [0.1, 0.15) is 0 Å². The smallest absolute Gasteiger partial charge is 0.309 e. The second-order valence-electron chi connectivity index (χ2n) is 4.18. The van der Waals surface area contributed by atoms with Crippen LogP contribution in [-0.4, -0.2) is 48.8 Å². The van der Waals surface area contributed by atoms with Crippen LogP contribution in [0.5, 0.6) is 0 Å². The normalized spacial score (nSPS) is 24.9. The number of carbonyl (C=O) groups is 1. The third kappa shape index (κ3) is 3.80. The van der Waals surface area contributed by atoms with Crippen molar-refractivity contribution in [3.8, 4) is 0 Å². The second-order valence-corrected chi connectivity index (χ2v) is 4.18. The molecule has 2 atom stereocenters. The number of aliphatic hydroxyl groups is 1. The molecule has 1 N–H and O–H groups in total. The Morgan fingerprint density at radius 3 is 3.00 bits per heavy atom. The number of aliphatic hydroxyl groups excluding tert-OH is 1. The molecule has 0 aromatic carbocycles. The molecule has 15 heavy (non-hydrogen) atoms. The van der Waals surface area contributed by atoms with Crippen LogP contribution in [0.4, 0.5) is 0 Å². The van der Waals surface area contributed by atoms with Crippen molar-refractivity contribution in [1.82, 2.24) is 4.90 Å². The van der Waals surface area contributed by atoms with Crippen molar-refractivity contribution < 1.29 is 14.6 Å². The van der Waals surface area contributed by atoms with Crippen LogP contribution in [0.1, 0.15) is 26.2 Å². The fraction of sp³-hybridized carbons (Fsp3) is 0.909. The maximum absolute atomic E-state index is 11.4. The lowest BCUT2D eigenvalue weighted by molar-refractivity contribution is -0.147. The zero-order valence-corrected chi connectivity index (χ0v) is 9.61. The van der Waals surface area contributed by atoms with Crippen molar-refractivity contribution in [3.05, 3.63) is 0 Å². The van der Waals surface area contributed by atoms with Gasteiger partial charge in [0.25, 0.3) is 0 Å². The average molecular weight is 215 g/mol. The Hall–Kier alpha value is -0.610. The minimum absolute atomic E-state index is 0.00666. The van der Waals surface area contributed by atoms with Gasteiger partial charge >= 0.3 is 5.97 Å². The minimum Gasteiger partial charge on any atom is -0.469 e. The van der Waals surface area contributed by atoms with Crippen molar-refractivity contribution in [1.29, 1.82) is 0 Å². The zero-order valence-electron chi connectivity index (χ0n) is 9.61. The highest BCUT2D eigenvalue weighted by Crippen LogP contribution is 2.17. The number of nitrogens with zero attached hydrogens (tertiary/aromatic N) is 1. The van der Waals surface area contributed by atoms with Gasteiger partial charge in [-0.1, -0.05) is 6.92 Å². The van der Waals surface area contributed by atoms with Gasteiger partial charge in [-0.25, -0.2) is 0 Å². The summed E-state index contributed by atoms with van der Waals surface area (Å²) in [6, 6.07) is 0. The molecule has 0 amide bonds. The molecule has 4 nitrogen and oxygen atoms in total. The summed E-state index contributed by atoms with van der Waals surface area (Å²) in [7, 11) is 1.43. The lowest BCUT2D eigenvalue weighted by Gasteiger charge is -2.32. The number of piperidine rings is 1. The lowest BCUT2D eigenvalue weighted by Crippen LogP contribution is -2.42. The van der Waals surface area contributed by atoms with Crippen molar-refractivity contribution in [2.75, 3.05) is 26.7 Å². The van der Waals surface area contributed by atoms with Crippen LogP contribution < -0.4 is 0 Å². The first-order valence-electron chi connectivity index (χ1n) is 5.65. The Morgan fingerprint density at radius 1 is 1.67 bits per heavy atom. The number of likely N-dealkylation sites (tertiary alicyclic amines) is 1. The van der Waals surface area contributed by atoms with Crippen LogP contribution in [0, 0.1) is 5.92 Å². The van der Waals surface area contributed by atoms with Crippen molar-refractivity contribution >= 4 is 5.97 Å². The van der Waals surface area contributed by atoms with Crippen LogP contribution in [-0.2, 0) is 9.53 Å². The molecule has 1 aliphatic rings. The number of esters is 1. The Kier molecular flexibility index (Phi) is 5.05. The minimum atomic E-state index is -0.276. The zero-order chi connectivity index (χ0) is 11.3. The predicted octanol–water partition coefficient (Wildman–Crippen LogP) is 0.642. The van der Waals surface area contributed by atoms with Crippen LogP contribution in [0.15, 0.2) is 0 Å². The van der Waals surface area contributed by atoms with E-state index < -0.39 is 0 Å². The van der Waals surface area contributed by atoms with Gasteiger partial charge in [0.05, 0.1) is 19.1 Å².